The van der Waals surface area contributed by atoms with Crippen LogP contribution >= 0.6 is 0 Å². The van der Waals surface area contributed by atoms with Crippen molar-refractivity contribution in [2.45, 2.75) is 13.0 Å². The highest BCUT2D eigenvalue weighted by atomic mass is 32.2. The highest BCUT2D eigenvalue weighted by Crippen LogP contribution is 2.14. The first-order valence-corrected chi connectivity index (χ1v) is 8.12. The first kappa shape index (κ1) is 15.2. The van der Waals surface area contributed by atoms with Gasteiger partial charge in [0, 0.05) is 26.2 Å². The maximum Gasteiger partial charge on any atom is 0.276 e. The van der Waals surface area contributed by atoms with Crippen LogP contribution in [0.2, 0.25) is 0 Å². The molecule has 0 aromatic heterocycles. The predicted octanol–water partition coefficient (Wildman–Crippen LogP) is 0.406. The molecule has 0 atom stereocenters. The van der Waals surface area contributed by atoms with Crippen LogP contribution < -0.4 is 9.88 Å². The lowest BCUT2D eigenvalue weighted by molar-refractivity contribution is 0.278. The van der Waals surface area contributed by atoms with E-state index in [1.807, 2.05) is 24.3 Å². The zero-order chi connectivity index (χ0) is 14.6. The summed E-state index contributed by atoms with van der Waals surface area (Å²) < 4.78 is 29.2. The average molecular weight is 299 g/mol. The van der Waals surface area contributed by atoms with Crippen molar-refractivity contribution < 1.29 is 13.2 Å². The van der Waals surface area contributed by atoms with E-state index >= 15 is 0 Å². The number of nitrogens with two attached hydrogens (primary N) is 1. The van der Waals surface area contributed by atoms with Gasteiger partial charge < -0.3 is 4.74 Å². The zero-order valence-corrected chi connectivity index (χ0v) is 12.5. The Kier molecular flexibility index (Phi) is 4.98. The standard InChI is InChI=1S/C13H21N3O3S/c1-19-13-5-3-12(4-6-13)11-15-7-2-8-16(10-9-15)20(14,17)18/h3-6H,2,7-11H2,1H3,(H2,14,17,18). The van der Waals surface area contributed by atoms with E-state index < -0.39 is 10.2 Å². The molecule has 1 aliphatic heterocycles. The molecule has 2 N–H and O–H groups in total. The van der Waals surface area contributed by atoms with E-state index in [1.54, 1.807) is 7.11 Å². The summed E-state index contributed by atoms with van der Waals surface area (Å²) in [7, 11) is -1.92. The molecule has 0 unspecified atom stereocenters. The summed E-state index contributed by atoms with van der Waals surface area (Å²) in [5.41, 5.74) is 1.19. The van der Waals surface area contributed by atoms with Crippen molar-refractivity contribution in [2.24, 2.45) is 5.14 Å². The van der Waals surface area contributed by atoms with E-state index in [-0.39, 0.29) is 0 Å². The van der Waals surface area contributed by atoms with Crippen molar-refractivity contribution in [3.63, 3.8) is 0 Å². The van der Waals surface area contributed by atoms with Gasteiger partial charge in [0.25, 0.3) is 10.2 Å². The van der Waals surface area contributed by atoms with E-state index in [2.05, 4.69) is 4.90 Å². The van der Waals surface area contributed by atoms with Gasteiger partial charge in [0.2, 0.25) is 0 Å². The summed E-state index contributed by atoms with van der Waals surface area (Å²) in [6, 6.07) is 7.93. The topological polar surface area (TPSA) is 75.9 Å². The minimum Gasteiger partial charge on any atom is -0.497 e. The number of hydrogen-bond donors (Lipinski definition) is 1. The Hall–Kier alpha value is -1.15. The molecule has 2 rings (SSSR count). The molecule has 0 radical (unpaired) electrons. The van der Waals surface area contributed by atoms with Crippen LogP contribution in [0, 0.1) is 0 Å². The monoisotopic (exact) mass is 299 g/mol. The number of nitrogens with zero attached hydrogens (tertiary/aromatic N) is 2. The molecule has 112 valence electrons. The van der Waals surface area contributed by atoms with Gasteiger partial charge in [-0.3, -0.25) is 4.90 Å². The third-order valence-electron chi connectivity index (χ3n) is 3.47. The van der Waals surface area contributed by atoms with E-state index in [1.165, 1.54) is 9.87 Å². The van der Waals surface area contributed by atoms with Gasteiger partial charge in [-0.25, -0.2) is 5.14 Å². The van der Waals surface area contributed by atoms with Crippen molar-refractivity contribution in [3.8, 4) is 5.75 Å². The first-order valence-electron chi connectivity index (χ1n) is 6.62. The molecule has 0 saturated carbocycles. The average Bonchev–Trinajstić information content (AvgIpc) is 2.65. The normalized spacial score (nSPS) is 18.7. The lowest BCUT2D eigenvalue weighted by atomic mass is 10.2. The Morgan fingerprint density at radius 3 is 2.45 bits per heavy atom. The van der Waals surface area contributed by atoms with Crippen molar-refractivity contribution in [1.82, 2.24) is 9.21 Å². The van der Waals surface area contributed by atoms with Gasteiger partial charge in [-0.1, -0.05) is 12.1 Å². The van der Waals surface area contributed by atoms with Crippen LogP contribution in [-0.2, 0) is 16.8 Å². The minimum atomic E-state index is -3.56. The third kappa shape index (κ3) is 4.17. The Balaban J connectivity index is 1.93. The SMILES string of the molecule is COc1ccc(CN2CCCN(S(N)(=O)=O)CC2)cc1. The molecule has 0 aliphatic carbocycles. The van der Waals surface area contributed by atoms with Gasteiger partial charge >= 0.3 is 0 Å². The van der Waals surface area contributed by atoms with Crippen LogP contribution in [0.15, 0.2) is 24.3 Å². The fourth-order valence-electron chi connectivity index (χ4n) is 2.35. The van der Waals surface area contributed by atoms with E-state index in [0.717, 1.165) is 25.3 Å². The summed E-state index contributed by atoms with van der Waals surface area (Å²) in [4.78, 5) is 2.24. The molecule has 1 aromatic rings. The second kappa shape index (κ2) is 6.53. The van der Waals surface area contributed by atoms with E-state index in [0.29, 0.717) is 19.6 Å². The van der Waals surface area contributed by atoms with Crippen molar-refractivity contribution in [2.75, 3.05) is 33.3 Å². The fraction of sp³-hybridized carbons (Fsp3) is 0.538. The third-order valence-corrected chi connectivity index (χ3v) is 4.56. The number of benzene rings is 1. The largest absolute Gasteiger partial charge is 0.497 e. The maximum atomic E-state index is 11.3. The van der Waals surface area contributed by atoms with Crippen molar-refractivity contribution in [1.29, 1.82) is 0 Å². The van der Waals surface area contributed by atoms with Crippen LogP contribution in [0.25, 0.3) is 0 Å². The van der Waals surface area contributed by atoms with Gasteiger partial charge in [-0.15, -0.1) is 0 Å². The molecule has 20 heavy (non-hydrogen) atoms. The molecule has 0 spiro atoms. The van der Waals surface area contributed by atoms with Gasteiger partial charge in [0.15, 0.2) is 0 Å². The molecule has 1 saturated heterocycles. The number of rotatable bonds is 4. The molecule has 0 bridgehead atoms. The first-order chi connectivity index (χ1) is 9.49. The number of methoxy groups -OCH3 is 1. The number of ether oxygens (including phenoxy) is 1. The van der Waals surface area contributed by atoms with Crippen LogP contribution in [0.3, 0.4) is 0 Å². The Morgan fingerprint density at radius 2 is 1.85 bits per heavy atom. The zero-order valence-electron chi connectivity index (χ0n) is 11.7. The highest BCUT2D eigenvalue weighted by Gasteiger charge is 2.21. The Bertz CT molecular complexity index is 530. The van der Waals surface area contributed by atoms with Gasteiger partial charge in [-0.2, -0.15) is 12.7 Å². The summed E-state index contributed by atoms with van der Waals surface area (Å²) >= 11 is 0. The molecule has 7 heteroatoms. The van der Waals surface area contributed by atoms with Crippen LogP contribution in [0.1, 0.15) is 12.0 Å². The molecule has 1 heterocycles. The molecular formula is C13H21N3O3S. The predicted molar refractivity (Wildman–Crippen MR) is 77.6 cm³/mol. The van der Waals surface area contributed by atoms with Crippen LogP contribution in [-0.4, -0.2) is 50.9 Å². The van der Waals surface area contributed by atoms with Gasteiger partial charge in [-0.05, 0) is 30.7 Å². The van der Waals surface area contributed by atoms with E-state index in [9.17, 15) is 8.42 Å². The van der Waals surface area contributed by atoms with Gasteiger partial charge in [0.1, 0.15) is 5.75 Å². The molecule has 6 nitrogen and oxygen atoms in total. The number of hydrogen-bond acceptors (Lipinski definition) is 4. The molecule has 1 aliphatic rings. The fourth-order valence-corrected chi connectivity index (χ4v) is 3.07. The van der Waals surface area contributed by atoms with Crippen molar-refractivity contribution in [3.05, 3.63) is 29.8 Å². The van der Waals surface area contributed by atoms with Crippen molar-refractivity contribution >= 4 is 10.2 Å². The molecular weight excluding hydrogens is 278 g/mol. The maximum absolute atomic E-state index is 11.3. The molecule has 0 amide bonds. The Labute approximate surface area is 120 Å². The minimum absolute atomic E-state index is 0.453. The second-order valence-corrected chi connectivity index (χ2v) is 6.47. The quantitative estimate of drug-likeness (QED) is 0.873. The lowest BCUT2D eigenvalue weighted by Gasteiger charge is -2.20. The van der Waals surface area contributed by atoms with Crippen LogP contribution in [0.5, 0.6) is 5.75 Å². The summed E-state index contributed by atoms with van der Waals surface area (Å²) in [5.74, 6) is 0.838. The highest BCUT2D eigenvalue weighted by molar-refractivity contribution is 7.86. The Morgan fingerprint density at radius 1 is 1.15 bits per heavy atom. The van der Waals surface area contributed by atoms with Crippen LogP contribution in [0.4, 0.5) is 0 Å². The lowest BCUT2D eigenvalue weighted by Crippen LogP contribution is -2.39. The molecule has 1 aromatic carbocycles. The summed E-state index contributed by atoms with van der Waals surface area (Å²) in [6.45, 7) is 3.33. The van der Waals surface area contributed by atoms with E-state index in [4.69, 9.17) is 9.88 Å². The summed E-state index contributed by atoms with van der Waals surface area (Å²) in [6.07, 6.45) is 0.798. The second-order valence-electron chi connectivity index (χ2n) is 4.92. The molecule has 1 fully saturated rings. The summed E-state index contributed by atoms with van der Waals surface area (Å²) in [5, 5.41) is 5.18. The van der Waals surface area contributed by atoms with Gasteiger partial charge in [0.05, 0.1) is 7.11 Å². The smallest absolute Gasteiger partial charge is 0.276 e.